The average Bonchev–Trinajstić information content (AvgIpc) is 3.26. The number of aromatic nitrogens is 3. The van der Waals surface area contributed by atoms with E-state index in [9.17, 15) is 4.79 Å². The summed E-state index contributed by atoms with van der Waals surface area (Å²) in [7, 11) is 1.81. The number of morpholine rings is 1. The van der Waals surface area contributed by atoms with Crippen molar-refractivity contribution in [1.82, 2.24) is 19.7 Å². The maximum atomic E-state index is 13.5. The number of carbonyl (C=O) groups excluding carboxylic acids is 1. The summed E-state index contributed by atoms with van der Waals surface area (Å²) in [5.41, 5.74) is 4.81. The van der Waals surface area contributed by atoms with E-state index < -0.39 is 0 Å². The first-order valence-corrected chi connectivity index (χ1v) is 10.7. The van der Waals surface area contributed by atoms with Crippen LogP contribution >= 0.6 is 11.3 Å². The molecule has 1 aliphatic heterocycles. The Morgan fingerprint density at radius 3 is 2.66 bits per heavy atom. The molecule has 8 heteroatoms. The zero-order valence-electron chi connectivity index (χ0n) is 17.4. The molecule has 0 spiro atoms. The Morgan fingerprint density at radius 2 is 1.97 bits per heavy atom. The molecular weight excluding hydrogens is 386 g/mol. The van der Waals surface area contributed by atoms with Gasteiger partial charge in [-0.2, -0.15) is 5.10 Å². The fourth-order valence-electron chi connectivity index (χ4n) is 3.81. The van der Waals surface area contributed by atoms with Crippen molar-refractivity contribution in [2.45, 2.75) is 20.8 Å². The maximum absolute atomic E-state index is 13.5. The van der Waals surface area contributed by atoms with Gasteiger partial charge in [0.25, 0.3) is 5.91 Å². The van der Waals surface area contributed by atoms with Gasteiger partial charge >= 0.3 is 0 Å². The Morgan fingerprint density at radius 1 is 1.21 bits per heavy atom. The number of anilines is 1. The van der Waals surface area contributed by atoms with Crippen LogP contribution < -0.4 is 4.90 Å². The minimum atomic E-state index is -0.0517. The van der Waals surface area contributed by atoms with E-state index in [-0.39, 0.29) is 5.91 Å². The van der Waals surface area contributed by atoms with E-state index in [0.29, 0.717) is 12.2 Å². The smallest absolute Gasteiger partial charge is 0.278 e. The van der Waals surface area contributed by atoms with E-state index in [4.69, 9.17) is 9.72 Å². The van der Waals surface area contributed by atoms with Crippen molar-refractivity contribution >= 4 is 32.6 Å². The normalized spacial score (nSPS) is 15.2. The number of hydrogen-bond acceptors (Lipinski definition) is 6. The lowest BCUT2D eigenvalue weighted by atomic mass is 10.1. The monoisotopic (exact) mass is 413 g/mol. The molecule has 0 bridgehead atoms. The summed E-state index contributed by atoms with van der Waals surface area (Å²) in [5, 5.41) is 5.00. The molecule has 3 aromatic rings. The number of hydrogen-bond donors (Lipinski definition) is 0. The number of benzene rings is 1. The fourth-order valence-corrected chi connectivity index (χ4v) is 4.97. The second kappa shape index (κ2) is 8.22. The number of fused-ring (bicyclic) bond motifs is 1. The van der Waals surface area contributed by atoms with E-state index in [1.165, 1.54) is 5.56 Å². The molecule has 2 aromatic heterocycles. The summed E-state index contributed by atoms with van der Waals surface area (Å²) in [6, 6.07) is 4.28. The molecule has 0 N–H and O–H groups in total. The molecule has 0 atom stereocenters. The van der Waals surface area contributed by atoms with Gasteiger partial charge in [0.2, 0.25) is 0 Å². The Hall–Kier alpha value is -2.29. The fraction of sp³-hybridized carbons (Fsp3) is 0.476. The van der Waals surface area contributed by atoms with Gasteiger partial charge in [-0.1, -0.05) is 17.4 Å². The van der Waals surface area contributed by atoms with Crippen molar-refractivity contribution in [2.24, 2.45) is 7.05 Å². The quantitative estimate of drug-likeness (QED) is 0.644. The van der Waals surface area contributed by atoms with Gasteiger partial charge in [0, 0.05) is 33.2 Å². The van der Waals surface area contributed by atoms with Crippen molar-refractivity contribution in [3.8, 4) is 0 Å². The zero-order valence-corrected chi connectivity index (χ0v) is 18.3. The second-order valence-corrected chi connectivity index (χ2v) is 8.64. The molecular formula is C21H27N5O2S. The number of nitrogens with zero attached hydrogens (tertiary/aromatic N) is 5. The number of thiazole rings is 1. The van der Waals surface area contributed by atoms with Crippen LogP contribution in [0.5, 0.6) is 0 Å². The first-order valence-electron chi connectivity index (χ1n) is 9.92. The molecule has 1 aliphatic rings. The second-order valence-electron chi connectivity index (χ2n) is 7.64. The van der Waals surface area contributed by atoms with Gasteiger partial charge in [0.05, 0.1) is 29.6 Å². The molecule has 0 saturated carbocycles. The molecule has 3 heterocycles. The van der Waals surface area contributed by atoms with Crippen LogP contribution in [-0.4, -0.2) is 65.0 Å². The van der Waals surface area contributed by atoms with Gasteiger partial charge in [0.15, 0.2) is 5.13 Å². The van der Waals surface area contributed by atoms with Crippen molar-refractivity contribution < 1.29 is 9.53 Å². The Labute approximate surface area is 174 Å². The Kier molecular flexibility index (Phi) is 5.67. The Bertz CT molecular complexity index is 1020. The summed E-state index contributed by atoms with van der Waals surface area (Å²) >= 11 is 1.58. The highest BCUT2D eigenvalue weighted by molar-refractivity contribution is 7.22. The van der Waals surface area contributed by atoms with Crippen LogP contribution in [0, 0.1) is 20.8 Å². The van der Waals surface area contributed by atoms with Crippen LogP contribution in [0.4, 0.5) is 5.13 Å². The number of amides is 1. The van der Waals surface area contributed by atoms with Crippen LogP contribution in [0.15, 0.2) is 18.3 Å². The number of ether oxygens (including phenoxy) is 1. The molecule has 0 unspecified atom stereocenters. The number of carbonyl (C=O) groups is 1. The summed E-state index contributed by atoms with van der Waals surface area (Å²) in [4.78, 5) is 22.6. The van der Waals surface area contributed by atoms with Crippen LogP contribution in [0.25, 0.3) is 10.2 Å². The third-order valence-electron chi connectivity index (χ3n) is 5.36. The van der Waals surface area contributed by atoms with Crippen molar-refractivity contribution in [1.29, 1.82) is 0 Å². The topological polar surface area (TPSA) is 63.5 Å². The average molecular weight is 414 g/mol. The van der Waals surface area contributed by atoms with Gasteiger partial charge in [-0.15, -0.1) is 0 Å². The lowest BCUT2D eigenvalue weighted by Crippen LogP contribution is -2.43. The third kappa shape index (κ3) is 4.05. The van der Waals surface area contributed by atoms with E-state index in [1.807, 2.05) is 18.9 Å². The predicted molar refractivity (Wildman–Crippen MR) is 116 cm³/mol. The van der Waals surface area contributed by atoms with Gasteiger partial charge in [-0.05, 0) is 43.5 Å². The molecule has 4 rings (SSSR count). The van der Waals surface area contributed by atoms with Gasteiger partial charge < -0.3 is 4.74 Å². The molecule has 1 fully saturated rings. The molecule has 0 aliphatic carbocycles. The summed E-state index contributed by atoms with van der Waals surface area (Å²) in [6.07, 6.45) is 1.74. The highest BCUT2D eigenvalue weighted by Gasteiger charge is 2.26. The minimum Gasteiger partial charge on any atom is -0.379 e. The lowest BCUT2D eigenvalue weighted by molar-refractivity contribution is 0.0391. The Balaban J connectivity index is 1.69. The zero-order chi connectivity index (χ0) is 20.5. The van der Waals surface area contributed by atoms with Crippen molar-refractivity contribution in [2.75, 3.05) is 44.3 Å². The van der Waals surface area contributed by atoms with Gasteiger partial charge in [-0.3, -0.25) is 19.3 Å². The molecule has 0 radical (unpaired) electrons. The predicted octanol–water partition coefficient (Wildman–Crippen LogP) is 2.93. The standard InChI is InChI=1S/C21H27N5O2S/c1-14-11-15(2)18-17(12-14)29-21(23-18)26(6-5-25-7-9-28-10-8-25)20(27)19-16(3)13-22-24(19)4/h11-13H,5-10H2,1-4H3. The van der Waals surface area contributed by atoms with E-state index in [1.54, 1.807) is 22.2 Å². The van der Waals surface area contributed by atoms with Crippen LogP contribution in [0.3, 0.4) is 0 Å². The van der Waals surface area contributed by atoms with Crippen molar-refractivity contribution in [3.63, 3.8) is 0 Å². The molecule has 1 saturated heterocycles. The van der Waals surface area contributed by atoms with E-state index >= 15 is 0 Å². The number of aryl methyl sites for hydroxylation is 4. The molecule has 1 aromatic carbocycles. The third-order valence-corrected chi connectivity index (χ3v) is 6.39. The molecule has 29 heavy (non-hydrogen) atoms. The van der Waals surface area contributed by atoms with E-state index in [2.05, 4.69) is 36.0 Å². The first kappa shape index (κ1) is 20.0. The minimum absolute atomic E-state index is 0.0517. The van der Waals surface area contributed by atoms with E-state index in [0.717, 1.165) is 59.3 Å². The lowest BCUT2D eigenvalue weighted by Gasteiger charge is -2.29. The summed E-state index contributed by atoms with van der Waals surface area (Å²) in [6.45, 7) is 10.7. The van der Waals surface area contributed by atoms with Gasteiger partial charge in [0.1, 0.15) is 5.69 Å². The largest absolute Gasteiger partial charge is 0.379 e. The number of rotatable bonds is 5. The van der Waals surface area contributed by atoms with Crippen molar-refractivity contribution in [3.05, 3.63) is 40.7 Å². The van der Waals surface area contributed by atoms with Crippen LogP contribution in [-0.2, 0) is 11.8 Å². The highest BCUT2D eigenvalue weighted by atomic mass is 32.1. The first-order chi connectivity index (χ1) is 13.9. The van der Waals surface area contributed by atoms with Gasteiger partial charge in [-0.25, -0.2) is 4.98 Å². The van der Waals surface area contributed by atoms with Crippen LogP contribution in [0.1, 0.15) is 27.2 Å². The maximum Gasteiger partial charge on any atom is 0.278 e. The summed E-state index contributed by atoms with van der Waals surface area (Å²) in [5.74, 6) is -0.0517. The SMILES string of the molecule is Cc1cc(C)c2nc(N(CCN3CCOCC3)C(=O)c3c(C)cnn3C)sc2c1. The molecule has 1 amide bonds. The molecule has 154 valence electrons. The molecule has 7 nitrogen and oxygen atoms in total. The van der Waals surface area contributed by atoms with Crippen LogP contribution in [0.2, 0.25) is 0 Å². The summed E-state index contributed by atoms with van der Waals surface area (Å²) < 4.78 is 8.22. The highest BCUT2D eigenvalue weighted by Crippen LogP contribution is 2.32.